The van der Waals surface area contributed by atoms with Crippen molar-refractivity contribution in [2.45, 2.75) is 109 Å². The van der Waals surface area contributed by atoms with Gasteiger partial charge < -0.3 is 48.8 Å². The highest BCUT2D eigenvalue weighted by Gasteiger charge is 2.32. The first kappa shape index (κ1) is 41.7. The molecule has 0 bridgehead atoms. The third kappa shape index (κ3) is 16.5. The van der Waals surface area contributed by atoms with Gasteiger partial charge in [-0.25, -0.2) is 10.5 Å². The minimum Gasteiger partial charge on any atom is -0.370 e. The zero-order valence-electron chi connectivity index (χ0n) is 28.5. The Labute approximate surface area is 281 Å². The number of aromatic amines is 1. The number of guanidine groups is 1. The first-order valence-electron chi connectivity index (χ1n) is 16.4. The fourth-order valence-corrected chi connectivity index (χ4v) is 4.71. The van der Waals surface area contributed by atoms with E-state index in [1.807, 2.05) is 20.8 Å². The van der Waals surface area contributed by atoms with Crippen molar-refractivity contribution in [3.8, 4) is 0 Å². The monoisotopic (exact) mass is 680 g/mol. The van der Waals surface area contributed by atoms with Crippen LogP contribution >= 0.6 is 0 Å². The van der Waals surface area contributed by atoms with Gasteiger partial charge in [0.1, 0.15) is 24.2 Å². The van der Waals surface area contributed by atoms with Crippen LogP contribution in [0.2, 0.25) is 0 Å². The van der Waals surface area contributed by atoms with Crippen molar-refractivity contribution in [1.82, 2.24) is 42.0 Å². The molecule has 1 rings (SSSR count). The number of nitrogens with zero attached hydrogens (tertiary/aromatic N) is 2. The van der Waals surface area contributed by atoms with Crippen LogP contribution in [0.3, 0.4) is 0 Å². The quantitative estimate of drug-likeness (QED) is 0.0187. The Morgan fingerprint density at radius 2 is 1.44 bits per heavy atom. The second-order valence-electron chi connectivity index (χ2n) is 12.0. The third-order valence-electron chi connectivity index (χ3n) is 7.31. The smallest absolute Gasteiger partial charge is 0.265 e. The predicted molar refractivity (Wildman–Crippen MR) is 180 cm³/mol. The van der Waals surface area contributed by atoms with Crippen LogP contribution in [0.15, 0.2) is 17.5 Å². The van der Waals surface area contributed by atoms with Gasteiger partial charge in [0, 0.05) is 24.9 Å². The van der Waals surface area contributed by atoms with E-state index in [0.29, 0.717) is 44.5 Å². The Morgan fingerprint density at radius 3 is 2.02 bits per heavy atom. The maximum atomic E-state index is 13.7. The number of carbonyl (C=O) groups is 5. The minimum atomic E-state index is -1.21. The standard InChI is InChI=1S/C30H56N12O6/c1-5-12-35-19(4)25(43)38-21(9-6-7-11-31)26(44)40-23(14-18(2)3)27(45)41-24(15-20-16-34-17-37-20)28(46)39-22(29(47)42-48)10-8-13-36-30(32)33/h16-19,21-24,35,48H,5-15,31H2,1-4H3,(H,34,37)(H,38,43)(H,39,46)(H,40,44)(H,41,45)(H,42,47)(H4,32,33,36)/t19-,21-,22-,23-,24-/m0/s1. The topological polar surface area (TPSA) is 297 Å². The molecule has 0 aliphatic rings. The van der Waals surface area contributed by atoms with Gasteiger partial charge in [0.25, 0.3) is 5.91 Å². The van der Waals surface area contributed by atoms with E-state index >= 15 is 0 Å². The molecule has 48 heavy (non-hydrogen) atoms. The Balaban J connectivity index is 3.20. The van der Waals surface area contributed by atoms with E-state index in [9.17, 15) is 29.2 Å². The molecular weight excluding hydrogens is 624 g/mol. The Kier molecular flexibility index (Phi) is 20.1. The molecule has 0 fully saturated rings. The molecule has 18 nitrogen and oxygen atoms in total. The van der Waals surface area contributed by atoms with Crippen molar-refractivity contribution in [3.05, 3.63) is 18.2 Å². The van der Waals surface area contributed by atoms with Crippen LogP contribution in [0.5, 0.6) is 0 Å². The van der Waals surface area contributed by atoms with Crippen molar-refractivity contribution in [2.75, 3.05) is 19.6 Å². The number of imidazole rings is 1. The number of rotatable bonds is 24. The molecule has 0 spiro atoms. The van der Waals surface area contributed by atoms with E-state index in [-0.39, 0.29) is 43.6 Å². The van der Waals surface area contributed by atoms with E-state index < -0.39 is 53.8 Å². The number of amides is 5. The summed E-state index contributed by atoms with van der Waals surface area (Å²) in [7, 11) is 0. The van der Waals surface area contributed by atoms with Crippen LogP contribution < -0.4 is 49.3 Å². The Hall–Kier alpha value is -4.29. The molecule has 1 aromatic rings. The summed E-state index contributed by atoms with van der Waals surface area (Å²) < 4.78 is 0. The van der Waals surface area contributed by atoms with Crippen molar-refractivity contribution in [3.63, 3.8) is 0 Å². The maximum absolute atomic E-state index is 13.7. The maximum Gasteiger partial charge on any atom is 0.265 e. The Bertz CT molecular complexity index is 1160. The van der Waals surface area contributed by atoms with Crippen LogP contribution in [-0.2, 0) is 30.4 Å². The zero-order valence-corrected chi connectivity index (χ0v) is 28.5. The van der Waals surface area contributed by atoms with Crippen LogP contribution in [0.1, 0.15) is 78.3 Å². The fourth-order valence-electron chi connectivity index (χ4n) is 4.71. The highest BCUT2D eigenvalue weighted by atomic mass is 16.5. The molecule has 5 atom stereocenters. The second kappa shape index (κ2) is 23.1. The molecule has 14 N–H and O–H groups in total. The SMILES string of the molecule is CCCN[C@@H](C)C(=O)N[C@@H](CCCCN)C(=O)N[C@@H](CC(C)C)C(=O)N[C@@H](Cc1cnc[nH]1)C(=O)N[C@@H](CCCN=C(N)N)C(=O)NO. The fraction of sp³-hybridized carbons (Fsp3) is 0.700. The van der Waals surface area contributed by atoms with Crippen molar-refractivity contribution < 1.29 is 29.2 Å². The van der Waals surface area contributed by atoms with E-state index in [0.717, 1.165) is 6.42 Å². The number of aromatic nitrogens is 2. The lowest BCUT2D eigenvalue weighted by Gasteiger charge is -2.27. The number of hydroxylamine groups is 1. The van der Waals surface area contributed by atoms with Gasteiger partial charge >= 0.3 is 0 Å². The first-order valence-corrected chi connectivity index (χ1v) is 16.4. The lowest BCUT2D eigenvalue weighted by Crippen LogP contribution is -2.59. The molecule has 272 valence electrons. The summed E-state index contributed by atoms with van der Waals surface area (Å²) in [6, 6.07) is -4.89. The zero-order chi connectivity index (χ0) is 36.1. The number of nitrogens with two attached hydrogens (primary N) is 3. The summed E-state index contributed by atoms with van der Waals surface area (Å²) in [5.74, 6) is -3.29. The summed E-state index contributed by atoms with van der Waals surface area (Å²) >= 11 is 0. The van der Waals surface area contributed by atoms with Crippen molar-refractivity contribution in [1.29, 1.82) is 0 Å². The molecule has 0 unspecified atom stereocenters. The summed E-state index contributed by atoms with van der Waals surface area (Å²) in [5, 5.41) is 23.2. The molecule has 1 aromatic heterocycles. The van der Waals surface area contributed by atoms with Crippen LogP contribution in [0.4, 0.5) is 0 Å². The largest absolute Gasteiger partial charge is 0.370 e. The molecule has 1 heterocycles. The van der Waals surface area contributed by atoms with Gasteiger partial charge in [-0.3, -0.25) is 34.2 Å². The average molecular weight is 681 g/mol. The van der Waals surface area contributed by atoms with E-state index in [2.05, 4.69) is 41.5 Å². The van der Waals surface area contributed by atoms with Crippen molar-refractivity contribution in [2.24, 2.45) is 28.1 Å². The molecule has 5 amide bonds. The normalized spacial score (nSPS) is 14.1. The molecule has 0 aliphatic heterocycles. The summed E-state index contributed by atoms with van der Waals surface area (Å²) in [6.45, 7) is 8.67. The van der Waals surface area contributed by atoms with E-state index in [4.69, 9.17) is 17.2 Å². The number of aliphatic imine (C=N–C) groups is 1. The number of hydrogen-bond donors (Lipinski definition) is 11. The molecule has 0 radical (unpaired) electrons. The highest BCUT2D eigenvalue weighted by molar-refractivity contribution is 5.95. The predicted octanol–water partition coefficient (Wildman–Crippen LogP) is -1.99. The summed E-state index contributed by atoms with van der Waals surface area (Å²) in [6.07, 6.45) is 5.85. The summed E-state index contributed by atoms with van der Waals surface area (Å²) in [5.41, 5.74) is 18.4. The molecule has 0 aliphatic carbocycles. The van der Waals surface area contributed by atoms with Gasteiger partial charge in [-0.1, -0.05) is 20.8 Å². The molecule has 0 saturated carbocycles. The van der Waals surface area contributed by atoms with Crippen LogP contribution in [-0.4, -0.2) is 101 Å². The first-order chi connectivity index (χ1) is 22.8. The number of nitrogens with one attached hydrogen (secondary N) is 7. The highest BCUT2D eigenvalue weighted by Crippen LogP contribution is 2.10. The van der Waals surface area contributed by atoms with Crippen molar-refractivity contribution >= 4 is 35.5 Å². The molecule has 0 saturated heterocycles. The lowest BCUT2D eigenvalue weighted by molar-refractivity contribution is -0.137. The molecule has 0 aromatic carbocycles. The summed E-state index contributed by atoms with van der Waals surface area (Å²) in [4.78, 5) is 76.7. The lowest BCUT2D eigenvalue weighted by atomic mass is 10.0. The molecular formula is C30H56N12O6. The Morgan fingerprint density at radius 1 is 0.854 bits per heavy atom. The number of carbonyl (C=O) groups excluding carboxylic acids is 5. The van der Waals surface area contributed by atoms with Gasteiger partial charge in [0.15, 0.2) is 5.96 Å². The second-order valence-corrected chi connectivity index (χ2v) is 12.0. The van der Waals surface area contributed by atoms with Crippen LogP contribution in [0.25, 0.3) is 0 Å². The number of unbranched alkanes of at least 4 members (excludes halogenated alkanes) is 1. The molecule has 18 heteroatoms. The van der Waals surface area contributed by atoms with Crippen LogP contribution in [0, 0.1) is 5.92 Å². The van der Waals surface area contributed by atoms with Gasteiger partial charge in [-0.05, 0) is 70.9 Å². The van der Waals surface area contributed by atoms with Gasteiger partial charge in [-0.2, -0.15) is 0 Å². The third-order valence-corrected chi connectivity index (χ3v) is 7.31. The van der Waals surface area contributed by atoms with E-state index in [1.165, 1.54) is 18.0 Å². The number of hydrogen-bond acceptors (Lipinski definition) is 10. The average Bonchev–Trinajstić information content (AvgIpc) is 3.56. The van der Waals surface area contributed by atoms with Gasteiger partial charge in [0.05, 0.1) is 12.4 Å². The number of H-pyrrole nitrogens is 1. The van der Waals surface area contributed by atoms with Gasteiger partial charge in [-0.15, -0.1) is 0 Å². The van der Waals surface area contributed by atoms with Gasteiger partial charge in [0.2, 0.25) is 23.6 Å². The van der Waals surface area contributed by atoms with E-state index in [1.54, 1.807) is 6.92 Å². The minimum absolute atomic E-state index is 0.0260.